The molecule has 0 spiro atoms. The molecule has 2 fully saturated rings. The smallest absolute Gasteiger partial charge is 0.391 e. The summed E-state index contributed by atoms with van der Waals surface area (Å²) >= 11 is 6.71. The van der Waals surface area contributed by atoms with Crippen LogP contribution in [0.25, 0.3) is 11.3 Å². The summed E-state index contributed by atoms with van der Waals surface area (Å²) in [4.78, 5) is 17.6. The number of carbonyl (C=O) groups excluding carboxylic acids is 1. The quantitative estimate of drug-likeness (QED) is 0.343. The third kappa shape index (κ3) is 7.69. The zero-order chi connectivity index (χ0) is 30.7. The summed E-state index contributed by atoms with van der Waals surface area (Å²) in [6, 6.07) is 1.70. The number of rotatable bonds is 10. The zero-order valence-electron chi connectivity index (χ0n) is 24.1. The maximum absolute atomic E-state index is 13.1. The van der Waals surface area contributed by atoms with Gasteiger partial charge < -0.3 is 15.4 Å². The number of hydrogen-bond donors (Lipinski definition) is 2. The first-order valence-electron chi connectivity index (χ1n) is 14.4. The second-order valence-electron chi connectivity index (χ2n) is 11.4. The van der Waals surface area contributed by atoms with Gasteiger partial charge in [-0.15, -0.1) is 0 Å². The van der Waals surface area contributed by atoms with Crippen molar-refractivity contribution in [3.05, 3.63) is 23.0 Å². The van der Waals surface area contributed by atoms with Crippen LogP contribution in [-0.2, 0) is 16.4 Å². The number of hydrogen-bond acceptors (Lipinski definition) is 7. The van der Waals surface area contributed by atoms with Crippen LogP contribution in [0, 0.1) is 17.8 Å². The van der Waals surface area contributed by atoms with Crippen molar-refractivity contribution in [3.8, 4) is 17.0 Å². The molecule has 0 unspecified atom stereocenters. The number of nitrogens with one attached hydrogen (secondary N) is 2. The van der Waals surface area contributed by atoms with Crippen LogP contribution in [0.15, 0.2) is 12.3 Å². The Morgan fingerprint density at radius 2 is 1.71 bits per heavy atom. The van der Waals surface area contributed by atoms with Crippen LogP contribution in [-0.4, -0.2) is 67.0 Å². The summed E-state index contributed by atoms with van der Waals surface area (Å²) in [6.07, 6.45) is 2.64. The zero-order valence-corrected chi connectivity index (χ0v) is 25.7. The SMILES string of the molecule is CCn1nc(C(=O)NCC2CCC(S(C)(=O)=O)CC2)c(Cl)c1-c1cnc(NCC2CCC(C(F)(F)F)CC2)cc1OC. The Morgan fingerprint density at radius 3 is 2.29 bits per heavy atom. The first-order chi connectivity index (χ1) is 19.8. The van der Waals surface area contributed by atoms with E-state index in [-0.39, 0.29) is 40.6 Å². The Labute approximate surface area is 249 Å². The number of anilines is 1. The highest BCUT2D eigenvalue weighted by Crippen LogP contribution is 2.40. The molecule has 2 aliphatic carbocycles. The van der Waals surface area contributed by atoms with E-state index in [1.165, 1.54) is 13.4 Å². The van der Waals surface area contributed by atoms with Crippen LogP contribution in [0.2, 0.25) is 5.02 Å². The number of amides is 1. The van der Waals surface area contributed by atoms with Crippen molar-refractivity contribution in [2.24, 2.45) is 17.8 Å². The topological polar surface area (TPSA) is 115 Å². The van der Waals surface area contributed by atoms with Gasteiger partial charge in [0, 0.05) is 38.2 Å². The lowest BCUT2D eigenvalue weighted by Crippen LogP contribution is -2.34. The number of ether oxygens (including phenoxy) is 1. The molecule has 2 aromatic heterocycles. The number of aromatic nitrogens is 3. The molecule has 14 heteroatoms. The van der Waals surface area contributed by atoms with E-state index in [1.54, 1.807) is 16.9 Å². The van der Waals surface area contributed by atoms with Crippen molar-refractivity contribution < 1.29 is 31.1 Å². The third-order valence-corrected chi connectivity index (χ3v) is 10.6. The Kier molecular flexibility index (Phi) is 10.3. The monoisotopic (exact) mass is 633 g/mol. The Hall–Kier alpha value is -2.54. The van der Waals surface area contributed by atoms with Crippen molar-refractivity contribution in [1.82, 2.24) is 20.1 Å². The Morgan fingerprint density at radius 1 is 1.10 bits per heavy atom. The molecule has 0 bridgehead atoms. The molecule has 2 aromatic rings. The number of sulfone groups is 1. The minimum Gasteiger partial charge on any atom is -0.496 e. The van der Waals surface area contributed by atoms with Gasteiger partial charge in [-0.2, -0.15) is 18.3 Å². The number of carbonyl (C=O) groups is 1. The van der Waals surface area contributed by atoms with Gasteiger partial charge in [0.05, 0.1) is 34.6 Å². The van der Waals surface area contributed by atoms with Crippen molar-refractivity contribution >= 4 is 33.2 Å². The molecular weight excluding hydrogens is 595 g/mol. The van der Waals surface area contributed by atoms with Crippen LogP contribution >= 0.6 is 11.6 Å². The summed E-state index contributed by atoms with van der Waals surface area (Å²) in [6.45, 7) is 3.22. The fraction of sp³-hybridized carbons (Fsp3) is 0.679. The average Bonchev–Trinajstić information content (AvgIpc) is 3.30. The lowest BCUT2D eigenvalue weighted by atomic mass is 9.81. The van der Waals surface area contributed by atoms with Crippen LogP contribution in [0.5, 0.6) is 5.75 Å². The number of aryl methyl sites for hydroxylation is 1. The lowest BCUT2D eigenvalue weighted by molar-refractivity contribution is -0.183. The van der Waals surface area contributed by atoms with Crippen LogP contribution in [0.4, 0.5) is 19.0 Å². The minimum absolute atomic E-state index is 0.0806. The second kappa shape index (κ2) is 13.4. The van der Waals surface area contributed by atoms with E-state index in [4.69, 9.17) is 16.3 Å². The van der Waals surface area contributed by atoms with E-state index < -0.39 is 27.8 Å². The summed E-state index contributed by atoms with van der Waals surface area (Å²) in [5.41, 5.74) is 1.11. The molecule has 0 aromatic carbocycles. The molecule has 0 aliphatic heterocycles. The maximum atomic E-state index is 13.1. The van der Waals surface area contributed by atoms with E-state index in [9.17, 15) is 26.4 Å². The predicted molar refractivity (Wildman–Crippen MR) is 156 cm³/mol. The molecule has 2 heterocycles. The number of halogens is 4. The molecule has 42 heavy (non-hydrogen) atoms. The second-order valence-corrected chi connectivity index (χ2v) is 14.1. The largest absolute Gasteiger partial charge is 0.496 e. The van der Waals surface area contributed by atoms with Crippen LogP contribution < -0.4 is 15.4 Å². The molecule has 4 rings (SSSR count). The highest BCUT2D eigenvalue weighted by molar-refractivity contribution is 7.91. The molecular formula is C28H39ClF3N5O4S. The molecule has 0 saturated heterocycles. The Balaban J connectivity index is 1.40. The average molecular weight is 634 g/mol. The fourth-order valence-corrected chi connectivity index (χ4v) is 7.43. The van der Waals surface area contributed by atoms with E-state index in [0.29, 0.717) is 68.1 Å². The van der Waals surface area contributed by atoms with E-state index in [0.717, 1.165) is 12.8 Å². The molecule has 2 saturated carbocycles. The van der Waals surface area contributed by atoms with Gasteiger partial charge >= 0.3 is 6.18 Å². The fourth-order valence-electron chi connectivity index (χ4n) is 5.98. The number of pyridine rings is 1. The van der Waals surface area contributed by atoms with E-state index >= 15 is 0 Å². The standard InChI is InChI=1S/C28H39ClF3N5O4S/c1-4-37-26(24(29)25(36-37)27(38)35-15-18-7-11-20(12-8-18)42(3,39)40)21-16-34-23(13-22(21)41-2)33-14-17-5-9-19(10-6-17)28(30,31)32/h13,16-20H,4-12,14-15H2,1-3H3,(H,33,34)(H,35,38). The normalized spacial score (nSPS) is 23.4. The van der Waals surface area contributed by atoms with Gasteiger partial charge in [0.15, 0.2) is 5.69 Å². The molecule has 0 atom stereocenters. The van der Waals surface area contributed by atoms with Gasteiger partial charge in [0.2, 0.25) is 0 Å². The van der Waals surface area contributed by atoms with Gasteiger partial charge in [0.25, 0.3) is 5.91 Å². The minimum atomic E-state index is -4.13. The Bertz CT molecular complexity index is 1350. The highest BCUT2D eigenvalue weighted by Gasteiger charge is 2.41. The van der Waals surface area contributed by atoms with Crippen molar-refractivity contribution in [1.29, 1.82) is 0 Å². The number of alkyl halides is 3. The highest BCUT2D eigenvalue weighted by atomic mass is 35.5. The molecule has 234 valence electrons. The van der Waals surface area contributed by atoms with Gasteiger partial charge in [-0.05, 0) is 70.1 Å². The van der Waals surface area contributed by atoms with Crippen molar-refractivity contribution in [3.63, 3.8) is 0 Å². The van der Waals surface area contributed by atoms with Gasteiger partial charge in [0.1, 0.15) is 21.4 Å². The summed E-state index contributed by atoms with van der Waals surface area (Å²) in [5.74, 6) is -0.335. The molecule has 2 aliphatic rings. The molecule has 0 radical (unpaired) electrons. The van der Waals surface area contributed by atoms with Crippen LogP contribution in [0.3, 0.4) is 0 Å². The van der Waals surface area contributed by atoms with Gasteiger partial charge in [-0.1, -0.05) is 11.6 Å². The predicted octanol–water partition coefficient (Wildman–Crippen LogP) is 5.74. The molecule has 9 nitrogen and oxygen atoms in total. The molecule has 1 amide bonds. The summed E-state index contributed by atoms with van der Waals surface area (Å²) < 4.78 is 69.8. The van der Waals surface area contributed by atoms with E-state index in [2.05, 4.69) is 20.7 Å². The van der Waals surface area contributed by atoms with Crippen LogP contribution in [0.1, 0.15) is 68.8 Å². The lowest BCUT2D eigenvalue weighted by Gasteiger charge is -2.30. The maximum Gasteiger partial charge on any atom is 0.391 e. The third-order valence-electron chi connectivity index (χ3n) is 8.58. The van der Waals surface area contributed by atoms with Gasteiger partial charge in [-0.25, -0.2) is 13.4 Å². The van der Waals surface area contributed by atoms with E-state index in [1.807, 2.05) is 6.92 Å². The first-order valence-corrected chi connectivity index (χ1v) is 16.7. The van der Waals surface area contributed by atoms with Gasteiger partial charge in [-0.3, -0.25) is 9.48 Å². The number of nitrogens with zero attached hydrogens (tertiary/aromatic N) is 3. The summed E-state index contributed by atoms with van der Waals surface area (Å²) in [5, 5.41) is 10.4. The number of methoxy groups -OCH3 is 1. The summed E-state index contributed by atoms with van der Waals surface area (Å²) in [7, 11) is -1.55. The van der Waals surface area contributed by atoms with Crippen molar-refractivity contribution in [2.45, 2.75) is 76.3 Å². The van der Waals surface area contributed by atoms with Crippen molar-refractivity contribution in [2.75, 3.05) is 31.8 Å². The first kappa shape index (κ1) is 32.4. The molecule has 2 N–H and O–H groups in total.